The highest BCUT2D eigenvalue weighted by Gasteiger charge is 2.31. The first-order chi connectivity index (χ1) is 10.1. The van der Waals surface area contributed by atoms with Gasteiger partial charge in [0.1, 0.15) is 0 Å². The number of nitrogens with zero attached hydrogens (tertiary/aromatic N) is 1. The average molecular weight is 284 g/mol. The Balaban J connectivity index is 2.37. The highest BCUT2D eigenvalue weighted by Crippen LogP contribution is 2.37. The number of benzene rings is 1. The van der Waals surface area contributed by atoms with Crippen molar-refractivity contribution >= 4 is 23.1 Å². The van der Waals surface area contributed by atoms with Crippen LogP contribution < -0.4 is 5.32 Å². The Hall–Kier alpha value is -2.23. The van der Waals surface area contributed by atoms with E-state index in [2.05, 4.69) is 25.2 Å². The Morgan fingerprint density at radius 2 is 2.14 bits per heavy atom. The van der Waals surface area contributed by atoms with Crippen LogP contribution in [-0.2, 0) is 10.2 Å². The van der Waals surface area contributed by atoms with Crippen LogP contribution in [-0.4, -0.2) is 23.8 Å². The maximum Gasteiger partial charge on any atom is 0.418 e. The maximum atomic E-state index is 12.4. The lowest BCUT2D eigenvalue weighted by molar-refractivity contribution is 0.155. The second-order valence-corrected chi connectivity index (χ2v) is 5.91. The van der Waals surface area contributed by atoms with Crippen LogP contribution in [0.15, 0.2) is 30.5 Å². The van der Waals surface area contributed by atoms with Crippen molar-refractivity contribution < 1.29 is 9.53 Å². The van der Waals surface area contributed by atoms with Gasteiger partial charge < -0.3 is 10.1 Å². The molecule has 1 aliphatic rings. The number of aromatic nitrogens is 1. The first-order valence-electron chi connectivity index (χ1n) is 7.27. The van der Waals surface area contributed by atoms with E-state index in [0.717, 1.165) is 23.1 Å². The van der Waals surface area contributed by atoms with Crippen LogP contribution in [0.25, 0.3) is 17.0 Å². The molecule has 0 unspecified atom stereocenters. The second-order valence-electron chi connectivity index (χ2n) is 5.91. The summed E-state index contributed by atoms with van der Waals surface area (Å²) in [5.41, 5.74) is 2.92. The number of hydrogen-bond donors (Lipinski definition) is 1. The molecule has 0 saturated carbocycles. The Labute approximate surface area is 124 Å². The SMILES string of the molecule is CCOC(=O)n1c2c(c3ccccc31)C(C)(C)CNC=C2. The monoisotopic (exact) mass is 284 g/mol. The predicted molar refractivity (Wildman–Crippen MR) is 84.4 cm³/mol. The zero-order chi connectivity index (χ0) is 15.0. The number of hydrogen-bond acceptors (Lipinski definition) is 3. The van der Waals surface area contributed by atoms with Gasteiger partial charge in [-0.1, -0.05) is 32.0 Å². The van der Waals surface area contributed by atoms with Gasteiger partial charge in [0.15, 0.2) is 0 Å². The molecule has 0 fully saturated rings. The van der Waals surface area contributed by atoms with Crippen LogP contribution in [0, 0.1) is 0 Å². The summed E-state index contributed by atoms with van der Waals surface area (Å²) >= 11 is 0. The van der Waals surface area contributed by atoms with Crippen LogP contribution in [0.4, 0.5) is 4.79 Å². The Bertz CT molecular complexity index is 726. The molecule has 4 heteroatoms. The molecular formula is C17H20N2O2. The number of fused-ring (bicyclic) bond motifs is 3. The second kappa shape index (κ2) is 4.95. The van der Waals surface area contributed by atoms with Gasteiger partial charge in [-0.2, -0.15) is 0 Å². The normalized spacial score (nSPS) is 16.1. The molecule has 0 bridgehead atoms. The van der Waals surface area contributed by atoms with Crippen LogP contribution in [0.3, 0.4) is 0 Å². The van der Waals surface area contributed by atoms with Crippen LogP contribution in [0.5, 0.6) is 0 Å². The van der Waals surface area contributed by atoms with Gasteiger partial charge in [-0.25, -0.2) is 9.36 Å². The summed E-state index contributed by atoms with van der Waals surface area (Å²) < 4.78 is 6.92. The third-order valence-corrected chi connectivity index (χ3v) is 3.94. The molecule has 1 aromatic heterocycles. The molecule has 0 spiro atoms. The number of ether oxygens (including phenoxy) is 1. The summed E-state index contributed by atoms with van der Waals surface area (Å²) in [6, 6.07) is 8.01. The summed E-state index contributed by atoms with van der Waals surface area (Å²) in [7, 11) is 0. The Morgan fingerprint density at radius 3 is 2.90 bits per heavy atom. The maximum absolute atomic E-state index is 12.4. The lowest BCUT2D eigenvalue weighted by Crippen LogP contribution is -2.29. The van der Waals surface area contributed by atoms with Crippen LogP contribution in [0.1, 0.15) is 32.0 Å². The van der Waals surface area contributed by atoms with Gasteiger partial charge in [0.05, 0.1) is 17.8 Å². The van der Waals surface area contributed by atoms with Gasteiger partial charge in [0, 0.05) is 17.3 Å². The summed E-state index contributed by atoms with van der Waals surface area (Å²) in [4.78, 5) is 12.4. The molecule has 0 saturated heterocycles. The fraction of sp³-hybridized carbons (Fsp3) is 0.353. The molecule has 0 amide bonds. The van der Waals surface area contributed by atoms with Crippen molar-refractivity contribution in [3.63, 3.8) is 0 Å². The molecule has 2 aromatic rings. The van der Waals surface area contributed by atoms with Crippen molar-refractivity contribution in [2.45, 2.75) is 26.2 Å². The average Bonchev–Trinajstić information content (AvgIpc) is 2.70. The zero-order valence-corrected chi connectivity index (χ0v) is 12.6. The van der Waals surface area contributed by atoms with E-state index >= 15 is 0 Å². The smallest absolute Gasteiger partial charge is 0.418 e. The minimum Gasteiger partial charge on any atom is -0.449 e. The highest BCUT2D eigenvalue weighted by molar-refractivity contribution is 5.97. The lowest BCUT2D eigenvalue weighted by Gasteiger charge is -2.24. The number of rotatable bonds is 1. The summed E-state index contributed by atoms with van der Waals surface area (Å²) in [5.74, 6) is 0. The minimum atomic E-state index is -0.322. The van der Waals surface area contributed by atoms with E-state index in [1.807, 2.05) is 37.4 Å². The molecule has 2 heterocycles. The van der Waals surface area contributed by atoms with Gasteiger partial charge in [-0.05, 0) is 30.8 Å². The highest BCUT2D eigenvalue weighted by atomic mass is 16.5. The molecule has 110 valence electrons. The van der Waals surface area contributed by atoms with E-state index in [-0.39, 0.29) is 11.5 Å². The van der Waals surface area contributed by atoms with Crippen molar-refractivity contribution in [1.29, 1.82) is 0 Å². The molecule has 1 aliphatic heterocycles. The first-order valence-corrected chi connectivity index (χ1v) is 7.27. The van der Waals surface area contributed by atoms with Crippen molar-refractivity contribution in [2.75, 3.05) is 13.2 Å². The van der Waals surface area contributed by atoms with Gasteiger partial charge in [-0.15, -0.1) is 0 Å². The summed E-state index contributed by atoms with van der Waals surface area (Å²) in [6.45, 7) is 7.39. The van der Waals surface area contributed by atoms with Gasteiger partial charge >= 0.3 is 6.09 Å². The van der Waals surface area contributed by atoms with Crippen molar-refractivity contribution in [3.8, 4) is 0 Å². The Morgan fingerprint density at radius 1 is 1.38 bits per heavy atom. The number of para-hydroxylation sites is 1. The molecule has 3 rings (SSSR count). The minimum absolute atomic E-state index is 0.0732. The first kappa shape index (κ1) is 13.7. The molecule has 0 atom stereocenters. The van der Waals surface area contributed by atoms with E-state index in [1.165, 1.54) is 5.56 Å². The molecular weight excluding hydrogens is 264 g/mol. The summed E-state index contributed by atoms with van der Waals surface area (Å²) in [6.07, 6.45) is 3.54. The molecule has 21 heavy (non-hydrogen) atoms. The van der Waals surface area contributed by atoms with E-state index in [4.69, 9.17) is 4.74 Å². The van der Waals surface area contributed by atoms with E-state index in [1.54, 1.807) is 4.57 Å². The van der Waals surface area contributed by atoms with Crippen LogP contribution in [0.2, 0.25) is 0 Å². The number of carbonyl (C=O) groups excluding carboxylic acids is 1. The fourth-order valence-corrected chi connectivity index (χ4v) is 3.05. The number of nitrogens with one attached hydrogen (secondary N) is 1. The largest absolute Gasteiger partial charge is 0.449 e. The topological polar surface area (TPSA) is 43.3 Å². The Kier molecular flexibility index (Phi) is 3.24. The lowest BCUT2D eigenvalue weighted by atomic mass is 9.83. The quantitative estimate of drug-likeness (QED) is 0.871. The van der Waals surface area contributed by atoms with E-state index < -0.39 is 0 Å². The summed E-state index contributed by atoms with van der Waals surface area (Å²) in [5, 5.41) is 4.40. The van der Waals surface area contributed by atoms with Gasteiger partial charge in [0.2, 0.25) is 0 Å². The third kappa shape index (κ3) is 2.11. The van der Waals surface area contributed by atoms with E-state index in [0.29, 0.717) is 6.61 Å². The standard InChI is InChI=1S/C17H20N2O2/c1-4-21-16(20)19-13-8-6-5-7-12(13)15-14(19)9-10-18-11-17(15,2)3/h5-10,18H,4,11H2,1-3H3. The molecule has 1 N–H and O–H groups in total. The third-order valence-electron chi connectivity index (χ3n) is 3.94. The van der Waals surface area contributed by atoms with Crippen molar-refractivity contribution in [3.05, 3.63) is 41.7 Å². The van der Waals surface area contributed by atoms with Crippen molar-refractivity contribution in [1.82, 2.24) is 9.88 Å². The molecule has 1 aromatic carbocycles. The molecule has 0 radical (unpaired) electrons. The number of carbonyl (C=O) groups is 1. The molecule has 4 nitrogen and oxygen atoms in total. The van der Waals surface area contributed by atoms with Crippen LogP contribution >= 0.6 is 0 Å². The fourth-order valence-electron chi connectivity index (χ4n) is 3.05. The predicted octanol–water partition coefficient (Wildman–Crippen LogP) is 3.50. The van der Waals surface area contributed by atoms with E-state index in [9.17, 15) is 4.79 Å². The van der Waals surface area contributed by atoms with Gasteiger partial charge in [0.25, 0.3) is 0 Å². The molecule has 0 aliphatic carbocycles. The van der Waals surface area contributed by atoms with Gasteiger partial charge in [-0.3, -0.25) is 0 Å². The van der Waals surface area contributed by atoms with Crippen molar-refractivity contribution in [2.24, 2.45) is 0 Å². The zero-order valence-electron chi connectivity index (χ0n) is 12.6.